The summed E-state index contributed by atoms with van der Waals surface area (Å²) in [5.74, 6) is -2.57. The summed E-state index contributed by atoms with van der Waals surface area (Å²) in [5, 5.41) is 11.3. The Bertz CT molecular complexity index is 391. The summed E-state index contributed by atoms with van der Waals surface area (Å²) in [6.07, 6.45) is 0.397. The molecule has 3 amide bonds. The van der Waals surface area contributed by atoms with E-state index in [4.69, 9.17) is 5.11 Å². The van der Waals surface area contributed by atoms with Crippen LogP contribution in [0.4, 0.5) is 0 Å². The molecule has 1 rings (SSSR count). The van der Waals surface area contributed by atoms with Crippen LogP contribution >= 0.6 is 0 Å². The number of likely N-dealkylation sites (tertiary alicyclic amines) is 1. The predicted octanol–water partition coefficient (Wildman–Crippen LogP) is -0.249. The molecular formula is C12H18N2O5. The lowest BCUT2D eigenvalue weighted by atomic mass is 10.0. The number of nitrogens with zero attached hydrogens (tertiary/aromatic N) is 1. The van der Waals surface area contributed by atoms with Crippen LogP contribution in [0.25, 0.3) is 0 Å². The van der Waals surface area contributed by atoms with Gasteiger partial charge in [0, 0.05) is 31.8 Å². The topological polar surface area (TPSA) is 104 Å². The lowest BCUT2D eigenvalue weighted by Gasteiger charge is -2.19. The Morgan fingerprint density at radius 2 is 1.79 bits per heavy atom. The van der Waals surface area contributed by atoms with Crippen molar-refractivity contribution in [1.29, 1.82) is 0 Å². The van der Waals surface area contributed by atoms with E-state index in [1.807, 2.05) is 0 Å². The van der Waals surface area contributed by atoms with Crippen molar-refractivity contribution in [3.05, 3.63) is 0 Å². The molecule has 1 fully saturated rings. The molecule has 1 saturated heterocycles. The zero-order valence-electron chi connectivity index (χ0n) is 11.0. The number of rotatable bonds is 6. The summed E-state index contributed by atoms with van der Waals surface area (Å²) < 4.78 is 0. The molecule has 19 heavy (non-hydrogen) atoms. The number of carbonyl (C=O) groups is 4. The average Bonchev–Trinajstić information content (AvgIpc) is 2.65. The number of aliphatic carboxylic acids is 1. The molecule has 2 N–H and O–H groups in total. The molecule has 0 saturated carbocycles. The quantitative estimate of drug-likeness (QED) is 0.648. The molecule has 7 heteroatoms. The molecule has 0 spiro atoms. The third kappa shape index (κ3) is 4.04. The van der Waals surface area contributed by atoms with Crippen molar-refractivity contribution in [3.8, 4) is 0 Å². The molecule has 2 atom stereocenters. The molecule has 0 bridgehead atoms. The summed E-state index contributed by atoms with van der Waals surface area (Å²) in [6, 6.07) is -0.505. The fraction of sp³-hybridized carbons (Fsp3) is 0.667. The normalized spacial score (nSPS) is 18.3. The molecule has 0 aromatic heterocycles. The molecule has 7 nitrogen and oxygen atoms in total. The Morgan fingerprint density at radius 3 is 2.26 bits per heavy atom. The Morgan fingerprint density at radius 1 is 1.26 bits per heavy atom. The number of carboxylic acid groups (broad SMARTS) is 1. The standard InChI is InChI=1S/C12H18N2O5/c1-7(12(18)19)8(2)13-9(15)5-6-14-10(16)3-4-11(14)17/h7-8H,3-6H2,1-2H3,(H,13,15)(H,18,19). The Balaban J connectivity index is 2.38. The SMILES string of the molecule is CC(NC(=O)CCN1C(=O)CCC1=O)C(C)C(=O)O. The van der Waals surface area contributed by atoms with Gasteiger partial charge >= 0.3 is 5.97 Å². The lowest BCUT2D eigenvalue weighted by Crippen LogP contribution is -2.41. The van der Waals surface area contributed by atoms with E-state index in [1.54, 1.807) is 6.92 Å². The van der Waals surface area contributed by atoms with Gasteiger partial charge in [0.2, 0.25) is 17.7 Å². The van der Waals surface area contributed by atoms with E-state index < -0.39 is 17.9 Å². The summed E-state index contributed by atoms with van der Waals surface area (Å²) in [7, 11) is 0. The van der Waals surface area contributed by atoms with Gasteiger partial charge in [-0.1, -0.05) is 0 Å². The van der Waals surface area contributed by atoms with Crippen LogP contribution in [0.1, 0.15) is 33.1 Å². The van der Waals surface area contributed by atoms with Crippen LogP contribution in [0.5, 0.6) is 0 Å². The third-order valence-corrected chi connectivity index (χ3v) is 3.25. The average molecular weight is 270 g/mol. The summed E-state index contributed by atoms with van der Waals surface area (Å²) in [5.41, 5.74) is 0. The van der Waals surface area contributed by atoms with E-state index in [1.165, 1.54) is 6.92 Å². The lowest BCUT2D eigenvalue weighted by molar-refractivity contribution is -0.142. The largest absolute Gasteiger partial charge is 0.481 e. The van der Waals surface area contributed by atoms with Crippen LogP contribution in [-0.4, -0.2) is 46.3 Å². The van der Waals surface area contributed by atoms with Crippen LogP contribution in [0.2, 0.25) is 0 Å². The van der Waals surface area contributed by atoms with E-state index in [9.17, 15) is 19.2 Å². The van der Waals surface area contributed by atoms with Crippen LogP contribution in [0, 0.1) is 5.92 Å². The summed E-state index contributed by atoms with van der Waals surface area (Å²) in [4.78, 5) is 46.0. The maximum absolute atomic E-state index is 11.6. The van der Waals surface area contributed by atoms with E-state index in [0.29, 0.717) is 0 Å². The van der Waals surface area contributed by atoms with Gasteiger partial charge in [-0.05, 0) is 13.8 Å². The van der Waals surface area contributed by atoms with Crippen LogP contribution in [-0.2, 0) is 19.2 Å². The second-order valence-corrected chi connectivity index (χ2v) is 4.67. The second-order valence-electron chi connectivity index (χ2n) is 4.67. The van der Waals surface area contributed by atoms with Crippen molar-refractivity contribution >= 4 is 23.7 Å². The molecule has 0 aliphatic carbocycles. The molecule has 1 heterocycles. The minimum atomic E-state index is -0.988. The molecule has 0 radical (unpaired) electrons. The van der Waals surface area contributed by atoms with Crippen molar-refractivity contribution in [1.82, 2.24) is 10.2 Å². The molecule has 106 valence electrons. The van der Waals surface area contributed by atoms with Crippen molar-refractivity contribution in [2.75, 3.05) is 6.54 Å². The number of imide groups is 1. The molecule has 0 aromatic carbocycles. The summed E-state index contributed by atoms with van der Waals surface area (Å²) >= 11 is 0. The van der Waals surface area contributed by atoms with Crippen LogP contribution < -0.4 is 5.32 Å². The smallest absolute Gasteiger partial charge is 0.308 e. The van der Waals surface area contributed by atoms with E-state index in [-0.39, 0.29) is 43.5 Å². The molecule has 1 aliphatic rings. The van der Waals surface area contributed by atoms with Gasteiger partial charge in [-0.3, -0.25) is 24.1 Å². The number of hydrogen-bond acceptors (Lipinski definition) is 4. The van der Waals surface area contributed by atoms with Crippen molar-refractivity contribution in [3.63, 3.8) is 0 Å². The predicted molar refractivity (Wildman–Crippen MR) is 65.0 cm³/mol. The number of carbonyl (C=O) groups excluding carboxylic acids is 3. The van der Waals surface area contributed by atoms with Crippen molar-refractivity contribution in [2.45, 2.75) is 39.2 Å². The van der Waals surface area contributed by atoms with E-state index in [2.05, 4.69) is 5.32 Å². The Kier molecular flexibility index (Phi) is 5.02. The highest BCUT2D eigenvalue weighted by molar-refractivity contribution is 6.02. The number of amides is 3. The van der Waals surface area contributed by atoms with Crippen molar-refractivity contribution in [2.24, 2.45) is 5.92 Å². The van der Waals surface area contributed by atoms with Gasteiger partial charge in [0.15, 0.2) is 0 Å². The van der Waals surface area contributed by atoms with Crippen molar-refractivity contribution < 1.29 is 24.3 Å². The van der Waals surface area contributed by atoms with Gasteiger partial charge in [-0.15, -0.1) is 0 Å². The van der Waals surface area contributed by atoms with Crippen LogP contribution in [0.15, 0.2) is 0 Å². The maximum Gasteiger partial charge on any atom is 0.308 e. The fourth-order valence-corrected chi connectivity index (χ4v) is 1.75. The fourth-order valence-electron chi connectivity index (χ4n) is 1.75. The van der Waals surface area contributed by atoms with Gasteiger partial charge in [0.05, 0.1) is 5.92 Å². The first kappa shape index (κ1) is 15.1. The maximum atomic E-state index is 11.6. The van der Waals surface area contributed by atoms with Gasteiger partial charge in [0.1, 0.15) is 0 Å². The Labute approximate surface area is 110 Å². The van der Waals surface area contributed by atoms with E-state index in [0.717, 1.165) is 4.90 Å². The monoisotopic (exact) mass is 270 g/mol. The number of hydrogen-bond donors (Lipinski definition) is 2. The zero-order chi connectivity index (χ0) is 14.6. The number of nitrogens with one attached hydrogen (secondary N) is 1. The first-order valence-corrected chi connectivity index (χ1v) is 6.18. The highest BCUT2D eigenvalue weighted by Gasteiger charge is 2.29. The van der Waals surface area contributed by atoms with Gasteiger partial charge in [0.25, 0.3) is 0 Å². The minimum absolute atomic E-state index is 0.00579. The molecular weight excluding hydrogens is 252 g/mol. The van der Waals surface area contributed by atoms with Gasteiger partial charge in [-0.25, -0.2) is 0 Å². The highest BCUT2D eigenvalue weighted by atomic mass is 16.4. The molecule has 0 aromatic rings. The Hall–Kier alpha value is -1.92. The first-order chi connectivity index (χ1) is 8.82. The zero-order valence-corrected chi connectivity index (χ0v) is 11.0. The van der Waals surface area contributed by atoms with Crippen LogP contribution in [0.3, 0.4) is 0 Å². The summed E-state index contributed by atoms with van der Waals surface area (Å²) in [6.45, 7) is 3.15. The molecule has 2 unspecified atom stereocenters. The van der Waals surface area contributed by atoms with Gasteiger partial charge in [-0.2, -0.15) is 0 Å². The second kappa shape index (κ2) is 6.31. The molecule has 1 aliphatic heterocycles. The van der Waals surface area contributed by atoms with Gasteiger partial charge < -0.3 is 10.4 Å². The number of carboxylic acids is 1. The highest BCUT2D eigenvalue weighted by Crippen LogP contribution is 2.12. The van der Waals surface area contributed by atoms with E-state index >= 15 is 0 Å². The first-order valence-electron chi connectivity index (χ1n) is 6.18. The third-order valence-electron chi connectivity index (χ3n) is 3.25. The minimum Gasteiger partial charge on any atom is -0.481 e.